The molecule has 0 spiro atoms. The first kappa shape index (κ1) is 15.3. The number of aliphatic hydroxyl groups is 2. The second-order valence-corrected chi connectivity index (χ2v) is 7.05. The van der Waals surface area contributed by atoms with E-state index in [1.807, 2.05) is 44.2 Å². The highest BCUT2D eigenvalue weighted by molar-refractivity contribution is 7.80. The lowest BCUT2D eigenvalue weighted by Gasteiger charge is -2.39. The summed E-state index contributed by atoms with van der Waals surface area (Å²) in [6, 6.07) is 9.71. The second-order valence-electron chi connectivity index (χ2n) is 6.54. The van der Waals surface area contributed by atoms with Crippen LogP contribution in [0.1, 0.15) is 26.3 Å². The highest BCUT2D eigenvalue weighted by Gasteiger charge is 2.90. The highest BCUT2D eigenvalue weighted by Crippen LogP contribution is 2.71. The molecule has 0 amide bonds. The van der Waals surface area contributed by atoms with Crippen LogP contribution in [0, 0.1) is 5.41 Å². The van der Waals surface area contributed by atoms with Crippen molar-refractivity contribution in [1.82, 2.24) is 0 Å². The molecule has 1 saturated heterocycles. The first-order chi connectivity index (χ1) is 9.76. The predicted molar refractivity (Wildman–Crippen MR) is 82.0 cm³/mol. The molecule has 1 heterocycles. The van der Waals surface area contributed by atoms with Gasteiger partial charge in [0, 0.05) is 5.41 Å². The molecule has 4 nitrogen and oxygen atoms in total. The van der Waals surface area contributed by atoms with Crippen LogP contribution < -0.4 is 0 Å². The molecule has 0 radical (unpaired) electrons. The van der Waals surface area contributed by atoms with Crippen LogP contribution >= 0.6 is 12.6 Å². The van der Waals surface area contributed by atoms with E-state index in [1.54, 1.807) is 6.92 Å². The molecule has 1 aliphatic heterocycles. The van der Waals surface area contributed by atoms with E-state index in [1.165, 1.54) is 0 Å². The van der Waals surface area contributed by atoms with Crippen LogP contribution in [0.5, 0.6) is 0 Å². The Bertz CT molecular complexity index is 534. The van der Waals surface area contributed by atoms with Gasteiger partial charge in [-0.1, -0.05) is 44.2 Å². The number of fused-ring (bicyclic) bond motifs is 1. The molecular weight excluding hydrogens is 288 g/mol. The van der Waals surface area contributed by atoms with E-state index in [-0.39, 0.29) is 0 Å². The minimum Gasteiger partial charge on any atom is -0.383 e. The third-order valence-electron chi connectivity index (χ3n) is 5.30. The van der Waals surface area contributed by atoms with Gasteiger partial charge in [0.2, 0.25) is 0 Å². The minimum atomic E-state index is -1.35. The quantitative estimate of drug-likeness (QED) is 0.745. The van der Waals surface area contributed by atoms with Crippen molar-refractivity contribution in [1.29, 1.82) is 0 Å². The molecule has 2 fully saturated rings. The van der Waals surface area contributed by atoms with Gasteiger partial charge in [0.15, 0.2) is 0 Å². The van der Waals surface area contributed by atoms with Crippen molar-refractivity contribution < 1.29 is 19.7 Å². The molecule has 0 unspecified atom stereocenters. The molecule has 1 aromatic rings. The van der Waals surface area contributed by atoms with Crippen molar-refractivity contribution in [2.45, 2.75) is 56.2 Å². The summed E-state index contributed by atoms with van der Waals surface area (Å²) in [5, 5.41) is 21.8. The molecule has 0 bridgehead atoms. The second kappa shape index (κ2) is 4.70. The predicted octanol–water partition coefficient (Wildman–Crippen LogP) is 1.75. The maximum atomic E-state index is 11.0. The summed E-state index contributed by atoms with van der Waals surface area (Å²) in [6.45, 7) is 5.76. The van der Waals surface area contributed by atoms with Crippen LogP contribution in [0.3, 0.4) is 0 Å². The van der Waals surface area contributed by atoms with Crippen LogP contribution in [0.25, 0.3) is 0 Å². The third-order valence-corrected chi connectivity index (χ3v) is 5.69. The summed E-state index contributed by atoms with van der Waals surface area (Å²) in [7, 11) is 0. The van der Waals surface area contributed by atoms with E-state index in [9.17, 15) is 10.2 Å². The van der Waals surface area contributed by atoms with E-state index >= 15 is 0 Å². The van der Waals surface area contributed by atoms with E-state index < -0.39 is 34.3 Å². The summed E-state index contributed by atoms with van der Waals surface area (Å²) < 4.78 is 11.6. The van der Waals surface area contributed by atoms with Gasteiger partial charge in [0.05, 0.1) is 12.7 Å². The van der Waals surface area contributed by atoms with Gasteiger partial charge in [0.1, 0.15) is 22.7 Å². The number of thiol groups is 1. The zero-order valence-electron chi connectivity index (χ0n) is 12.5. The standard InChI is InChI=1S/C16H22O4S/c1-10-15(17)14(2,3)16(15,18)12(13(21)20-10)19-9-11-7-5-4-6-8-11/h4-8,10,12-13,17-18,21H,9H2,1-3H3/t10-,12+,13+,15-,16+/m1/s1. The van der Waals surface area contributed by atoms with E-state index in [4.69, 9.17) is 9.47 Å². The van der Waals surface area contributed by atoms with Crippen molar-refractivity contribution in [3.63, 3.8) is 0 Å². The lowest BCUT2D eigenvalue weighted by Crippen LogP contribution is -2.55. The summed E-state index contributed by atoms with van der Waals surface area (Å²) >= 11 is 4.40. The summed E-state index contributed by atoms with van der Waals surface area (Å²) in [6.07, 6.45) is -1.17. The number of ether oxygens (including phenoxy) is 2. The van der Waals surface area contributed by atoms with Crippen molar-refractivity contribution in [3.8, 4) is 0 Å². The number of rotatable bonds is 3. The Balaban J connectivity index is 1.82. The van der Waals surface area contributed by atoms with Crippen molar-refractivity contribution in [3.05, 3.63) is 35.9 Å². The van der Waals surface area contributed by atoms with Gasteiger partial charge >= 0.3 is 0 Å². The van der Waals surface area contributed by atoms with E-state index in [0.717, 1.165) is 5.56 Å². The molecular formula is C16H22O4S. The van der Waals surface area contributed by atoms with E-state index in [2.05, 4.69) is 12.6 Å². The average molecular weight is 310 g/mol. The zero-order chi connectivity index (χ0) is 15.5. The van der Waals surface area contributed by atoms with Gasteiger partial charge in [-0.05, 0) is 12.5 Å². The molecule has 2 aliphatic rings. The van der Waals surface area contributed by atoms with Crippen LogP contribution in [0.4, 0.5) is 0 Å². The SMILES string of the molecule is C[C@H]1O[C@@H](S)[C@H](OCc2ccccc2)[C@]2(O)C(C)(C)[C@]12O. The van der Waals surface area contributed by atoms with Crippen LogP contribution in [-0.4, -0.2) is 39.1 Å². The fourth-order valence-corrected chi connectivity index (χ4v) is 4.32. The van der Waals surface area contributed by atoms with Crippen LogP contribution in [0.15, 0.2) is 30.3 Å². The van der Waals surface area contributed by atoms with Crippen molar-refractivity contribution in [2.75, 3.05) is 0 Å². The maximum Gasteiger partial charge on any atom is 0.134 e. The van der Waals surface area contributed by atoms with Gasteiger partial charge in [0.25, 0.3) is 0 Å². The van der Waals surface area contributed by atoms with Gasteiger partial charge in [-0.15, -0.1) is 12.6 Å². The van der Waals surface area contributed by atoms with Crippen LogP contribution in [-0.2, 0) is 16.1 Å². The first-order valence-corrected chi connectivity index (χ1v) is 7.72. The average Bonchev–Trinajstić information content (AvgIpc) is 2.81. The lowest BCUT2D eigenvalue weighted by molar-refractivity contribution is -0.210. The Kier molecular flexibility index (Phi) is 3.43. The van der Waals surface area contributed by atoms with Gasteiger partial charge in [-0.3, -0.25) is 0 Å². The van der Waals surface area contributed by atoms with Crippen molar-refractivity contribution in [2.24, 2.45) is 5.41 Å². The monoisotopic (exact) mass is 310 g/mol. The summed E-state index contributed by atoms with van der Waals surface area (Å²) in [5.41, 5.74) is -2.92. The fourth-order valence-electron chi connectivity index (χ4n) is 3.84. The molecule has 3 rings (SSSR count). The lowest BCUT2D eigenvalue weighted by atomic mass is 10.0. The van der Waals surface area contributed by atoms with Gasteiger partial charge < -0.3 is 19.7 Å². The fraction of sp³-hybridized carbons (Fsp3) is 0.625. The molecule has 5 atom stereocenters. The first-order valence-electron chi connectivity index (χ1n) is 7.20. The summed E-state index contributed by atoms with van der Waals surface area (Å²) in [5.74, 6) is 0. The number of hydrogen-bond acceptors (Lipinski definition) is 5. The van der Waals surface area contributed by atoms with Crippen molar-refractivity contribution >= 4 is 12.6 Å². The maximum absolute atomic E-state index is 11.0. The number of benzene rings is 1. The molecule has 1 aromatic carbocycles. The molecule has 116 valence electrons. The molecule has 5 heteroatoms. The molecule has 0 aromatic heterocycles. The Morgan fingerprint density at radius 2 is 1.81 bits per heavy atom. The van der Waals surface area contributed by atoms with Gasteiger partial charge in [-0.2, -0.15) is 0 Å². The Morgan fingerprint density at radius 3 is 2.43 bits per heavy atom. The molecule has 1 saturated carbocycles. The topological polar surface area (TPSA) is 58.9 Å². The normalized spacial score (nSPS) is 44.2. The van der Waals surface area contributed by atoms with Crippen LogP contribution in [0.2, 0.25) is 0 Å². The molecule has 21 heavy (non-hydrogen) atoms. The minimum absolute atomic E-state index is 0.342. The zero-order valence-corrected chi connectivity index (χ0v) is 13.4. The molecule has 2 N–H and O–H groups in total. The van der Waals surface area contributed by atoms with Gasteiger partial charge in [-0.25, -0.2) is 0 Å². The third kappa shape index (κ3) is 1.79. The van der Waals surface area contributed by atoms with E-state index in [0.29, 0.717) is 6.61 Å². The number of hydrogen-bond donors (Lipinski definition) is 3. The Labute approximate surface area is 130 Å². The largest absolute Gasteiger partial charge is 0.383 e. The molecule has 1 aliphatic carbocycles. The smallest absolute Gasteiger partial charge is 0.134 e. The Morgan fingerprint density at radius 1 is 1.19 bits per heavy atom. The Hall–Kier alpha value is -0.590. The highest BCUT2D eigenvalue weighted by atomic mass is 32.1. The summed E-state index contributed by atoms with van der Waals surface area (Å²) in [4.78, 5) is 0.